The second-order valence-electron chi connectivity index (χ2n) is 8.86. The fraction of sp³-hybridized carbons (Fsp3) is 1.00. The van der Waals surface area contributed by atoms with Crippen LogP contribution in [-0.2, 0) is 0 Å². The molecule has 0 saturated carbocycles. The number of hydrogen-bond donors (Lipinski definition) is 0. The first kappa shape index (κ1) is 41.4. The Morgan fingerprint density at radius 1 is 0.593 bits per heavy atom. The van der Waals surface area contributed by atoms with Gasteiger partial charge in [0.25, 0.3) is 0 Å². The predicted molar refractivity (Wildman–Crippen MR) is 137 cm³/mol. The lowest BCUT2D eigenvalue weighted by molar-refractivity contribution is 0.301. The molecule has 0 N–H and O–H groups in total. The summed E-state index contributed by atoms with van der Waals surface area (Å²) in [4.78, 5) is 0. The molecule has 0 radical (unpaired) electrons. The largest absolute Gasteiger partial charge is 0.0776 e. The van der Waals surface area contributed by atoms with E-state index in [1.165, 1.54) is 70.6 Å². The van der Waals surface area contributed by atoms with Gasteiger partial charge in [0.05, 0.1) is 0 Å². The zero-order chi connectivity index (χ0) is 19.4. The normalized spacial score (nSPS) is 9.78. The molecule has 0 fully saturated rings. The molecule has 0 aromatic carbocycles. The van der Waals surface area contributed by atoms with Gasteiger partial charge < -0.3 is 0 Å². The molecule has 0 unspecified atom stereocenters. The van der Waals surface area contributed by atoms with Crippen molar-refractivity contribution in [1.29, 1.82) is 0 Å². The number of unbranched alkanes of at least 4 members (excludes halogenated alkanes) is 2. The molecule has 0 bridgehead atoms. The molecule has 27 heavy (non-hydrogen) atoms. The Hall–Kier alpha value is 0. The number of hydrogen-bond acceptors (Lipinski definition) is 0. The zero-order valence-corrected chi connectivity index (χ0v) is 19.4. The lowest BCUT2D eigenvalue weighted by atomic mass is 9.84. The molecule has 0 heterocycles. The summed E-state index contributed by atoms with van der Waals surface area (Å²) in [7, 11) is 0. The topological polar surface area (TPSA) is 0 Å². The summed E-state index contributed by atoms with van der Waals surface area (Å²) in [6.45, 7) is 22.8. The van der Waals surface area contributed by atoms with Gasteiger partial charge in [-0.15, -0.1) is 0 Å². The fourth-order valence-corrected chi connectivity index (χ4v) is 2.73. The van der Waals surface area contributed by atoms with Crippen molar-refractivity contribution in [2.75, 3.05) is 0 Å². The first-order chi connectivity index (χ1) is 11.2. The lowest BCUT2D eigenvalue weighted by Gasteiger charge is -2.22. The second kappa shape index (κ2) is 30.7. The Morgan fingerprint density at radius 2 is 0.889 bits per heavy atom. The summed E-state index contributed by atoms with van der Waals surface area (Å²) in [6, 6.07) is 0. The Labute approximate surface area is 179 Å². The smallest absolute Gasteiger partial charge is 0.0354 e. The highest BCUT2D eigenvalue weighted by Crippen LogP contribution is 2.27. The van der Waals surface area contributed by atoms with Crippen LogP contribution in [0.4, 0.5) is 0 Å². The molecule has 0 saturated heterocycles. The van der Waals surface area contributed by atoms with Crippen LogP contribution in [0.2, 0.25) is 0 Å². The second-order valence-corrected chi connectivity index (χ2v) is 8.86. The van der Waals surface area contributed by atoms with Crippen molar-refractivity contribution in [3.8, 4) is 0 Å². The summed E-state index contributed by atoms with van der Waals surface area (Å²) in [5.41, 5.74) is 0.601. The SMILES string of the molecule is C.C.C.CCC(C)C.CCCC(C)(C)CCC.CCCCC(C)CCCC. The summed E-state index contributed by atoms with van der Waals surface area (Å²) >= 11 is 0. The van der Waals surface area contributed by atoms with Crippen LogP contribution < -0.4 is 0 Å². The van der Waals surface area contributed by atoms with Gasteiger partial charge in [-0.1, -0.05) is 149 Å². The van der Waals surface area contributed by atoms with Gasteiger partial charge >= 0.3 is 0 Å². The van der Waals surface area contributed by atoms with Crippen LogP contribution in [0.25, 0.3) is 0 Å². The van der Waals surface area contributed by atoms with E-state index in [1.54, 1.807) is 0 Å². The van der Waals surface area contributed by atoms with E-state index in [0.29, 0.717) is 5.41 Å². The van der Waals surface area contributed by atoms with Crippen molar-refractivity contribution in [3.05, 3.63) is 0 Å². The van der Waals surface area contributed by atoms with Crippen molar-refractivity contribution in [3.63, 3.8) is 0 Å². The summed E-state index contributed by atoms with van der Waals surface area (Å²) < 4.78 is 0. The highest BCUT2D eigenvalue weighted by atomic mass is 14.2. The van der Waals surface area contributed by atoms with Crippen LogP contribution in [0, 0.1) is 17.3 Å². The van der Waals surface area contributed by atoms with Crippen molar-refractivity contribution < 1.29 is 0 Å². The monoisotopic (exact) mass is 391 g/mol. The molecule has 0 amide bonds. The maximum absolute atomic E-state index is 2.38. The van der Waals surface area contributed by atoms with E-state index < -0.39 is 0 Å². The molecular formula is C27H66. The third kappa shape index (κ3) is 46.2. The van der Waals surface area contributed by atoms with E-state index in [1.807, 2.05) is 0 Å². The molecule has 174 valence electrons. The van der Waals surface area contributed by atoms with Crippen molar-refractivity contribution in [2.24, 2.45) is 17.3 Å². The minimum absolute atomic E-state index is 0. The maximum Gasteiger partial charge on any atom is -0.0354 e. The minimum Gasteiger partial charge on any atom is -0.0776 e. The Bertz CT molecular complexity index is 186. The zero-order valence-electron chi connectivity index (χ0n) is 19.4. The molecule has 0 aromatic heterocycles. The summed E-state index contributed by atoms with van der Waals surface area (Å²) in [5.74, 6) is 1.86. The average Bonchev–Trinajstić information content (AvgIpc) is 2.51. The first-order valence-corrected chi connectivity index (χ1v) is 11.2. The lowest BCUT2D eigenvalue weighted by Crippen LogP contribution is -2.09. The van der Waals surface area contributed by atoms with E-state index in [0.717, 1.165) is 11.8 Å². The average molecular weight is 391 g/mol. The van der Waals surface area contributed by atoms with Gasteiger partial charge in [-0.2, -0.15) is 0 Å². The fourth-order valence-electron chi connectivity index (χ4n) is 2.73. The Morgan fingerprint density at radius 3 is 1.07 bits per heavy atom. The third-order valence-electron chi connectivity index (χ3n) is 4.77. The molecule has 0 atom stereocenters. The van der Waals surface area contributed by atoms with Crippen LogP contribution in [0.1, 0.15) is 162 Å². The molecule has 0 aliphatic heterocycles. The molecule has 0 aromatic rings. The quantitative estimate of drug-likeness (QED) is 0.329. The molecule has 0 rings (SSSR count). The van der Waals surface area contributed by atoms with Crippen LogP contribution in [0.5, 0.6) is 0 Å². The van der Waals surface area contributed by atoms with E-state index in [4.69, 9.17) is 0 Å². The van der Waals surface area contributed by atoms with Gasteiger partial charge in [0, 0.05) is 0 Å². The van der Waals surface area contributed by atoms with Gasteiger partial charge in [-0.25, -0.2) is 0 Å². The Kier molecular flexibility index (Phi) is 47.1. The van der Waals surface area contributed by atoms with Crippen LogP contribution >= 0.6 is 0 Å². The highest BCUT2D eigenvalue weighted by molar-refractivity contribution is 4.66. The molecule has 0 spiro atoms. The van der Waals surface area contributed by atoms with E-state index in [2.05, 4.69) is 69.2 Å². The maximum atomic E-state index is 2.38. The standard InChI is InChI=1S/C10H22.C9H20.C5H12.3CH4/c1-4-6-8-10(3)9-7-5-2;1-5-7-9(3,4)8-6-2;1-4-5(2)3;;;/h10H,4-9H2,1-3H3;5-8H2,1-4H3;5H,4H2,1-3H3;3*1H4. The Balaban J connectivity index is -0.0000000607. The predicted octanol–water partition coefficient (Wildman–Crippen LogP) is 11.6. The van der Waals surface area contributed by atoms with Gasteiger partial charge in [0.1, 0.15) is 0 Å². The van der Waals surface area contributed by atoms with Gasteiger partial charge in [0.15, 0.2) is 0 Å². The van der Waals surface area contributed by atoms with Crippen LogP contribution in [-0.4, -0.2) is 0 Å². The van der Waals surface area contributed by atoms with Crippen molar-refractivity contribution in [1.82, 2.24) is 0 Å². The third-order valence-corrected chi connectivity index (χ3v) is 4.77. The molecule has 0 aliphatic rings. The van der Waals surface area contributed by atoms with Crippen molar-refractivity contribution >= 4 is 0 Å². The van der Waals surface area contributed by atoms with Crippen LogP contribution in [0.3, 0.4) is 0 Å². The van der Waals surface area contributed by atoms with Gasteiger partial charge in [-0.05, 0) is 30.1 Å². The highest BCUT2D eigenvalue weighted by Gasteiger charge is 2.13. The molecule has 0 nitrogen and oxygen atoms in total. The van der Waals surface area contributed by atoms with E-state index in [-0.39, 0.29) is 22.3 Å². The molecular weight excluding hydrogens is 324 g/mol. The van der Waals surface area contributed by atoms with Gasteiger partial charge in [0.2, 0.25) is 0 Å². The van der Waals surface area contributed by atoms with E-state index in [9.17, 15) is 0 Å². The van der Waals surface area contributed by atoms with Gasteiger partial charge in [-0.3, -0.25) is 0 Å². The number of rotatable bonds is 11. The summed E-state index contributed by atoms with van der Waals surface area (Å²) in [6.07, 6.45) is 15.2. The van der Waals surface area contributed by atoms with Crippen molar-refractivity contribution in [2.45, 2.75) is 162 Å². The first-order valence-electron chi connectivity index (χ1n) is 11.2. The minimum atomic E-state index is 0. The molecule has 0 heteroatoms. The van der Waals surface area contributed by atoms with Crippen LogP contribution in [0.15, 0.2) is 0 Å². The summed E-state index contributed by atoms with van der Waals surface area (Å²) in [5, 5.41) is 0. The molecule has 0 aliphatic carbocycles. The van der Waals surface area contributed by atoms with E-state index >= 15 is 0 Å².